The van der Waals surface area contributed by atoms with Crippen molar-refractivity contribution in [3.8, 4) is 0 Å². The van der Waals surface area contributed by atoms with Crippen molar-refractivity contribution in [3.05, 3.63) is 35.6 Å². The minimum absolute atomic E-state index is 0.139. The van der Waals surface area contributed by atoms with Gasteiger partial charge in [0.25, 0.3) is 5.91 Å². The second kappa shape index (κ2) is 6.13. The van der Waals surface area contributed by atoms with E-state index in [1.54, 1.807) is 0 Å². The van der Waals surface area contributed by atoms with Gasteiger partial charge < -0.3 is 14.2 Å². The number of nitrogens with zero attached hydrogens (tertiary/aromatic N) is 2. The van der Waals surface area contributed by atoms with E-state index in [4.69, 9.17) is 4.42 Å². The monoisotopic (exact) mass is 300 g/mol. The van der Waals surface area contributed by atoms with E-state index in [1.807, 2.05) is 36.1 Å². The minimum Gasteiger partial charge on any atom is -0.461 e. The van der Waals surface area contributed by atoms with Gasteiger partial charge in [0.05, 0.1) is 0 Å². The molecule has 1 amide bonds. The van der Waals surface area contributed by atoms with Gasteiger partial charge in [-0.15, -0.1) is 0 Å². The van der Waals surface area contributed by atoms with Crippen LogP contribution in [0.3, 0.4) is 0 Å². The Morgan fingerprint density at radius 3 is 2.82 bits per heavy atom. The first-order valence-electron chi connectivity index (χ1n) is 8.00. The molecule has 3 rings (SSSR count). The van der Waals surface area contributed by atoms with Gasteiger partial charge in [-0.2, -0.15) is 0 Å². The number of furan rings is 1. The van der Waals surface area contributed by atoms with E-state index < -0.39 is 0 Å². The summed E-state index contributed by atoms with van der Waals surface area (Å²) in [5.74, 6) is 1.02. The Hall–Kier alpha value is -1.81. The molecule has 2 aromatic rings. The number of rotatable bonds is 2. The summed E-state index contributed by atoms with van der Waals surface area (Å²) >= 11 is 0. The number of amides is 1. The summed E-state index contributed by atoms with van der Waals surface area (Å²) in [6.45, 7) is 3.62. The lowest BCUT2D eigenvalue weighted by molar-refractivity contribution is 0.0759. The smallest absolute Gasteiger partial charge is 0.253 e. The molecule has 4 nitrogen and oxygen atoms in total. The summed E-state index contributed by atoms with van der Waals surface area (Å²) in [5, 5.41) is 1.00. The Morgan fingerprint density at radius 1 is 1.23 bits per heavy atom. The van der Waals surface area contributed by atoms with E-state index in [0.717, 1.165) is 54.6 Å². The van der Waals surface area contributed by atoms with Crippen LogP contribution in [-0.4, -0.2) is 48.9 Å². The highest BCUT2D eigenvalue weighted by atomic mass is 16.3. The summed E-state index contributed by atoms with van der Waals surface area (Å²) < 4.78 is 5.58. The Bertz CT molecular complexity index is 675. The van der Waals surface area contributed by atoms with Gasteiger partial charge in [-0.3, -0.25) is 4.79 Å². The lowest BCUT2D eigenvalue weighted by Gasteiger charge is -2.23. The van der Waals surface area contributed by atoms with Gasteiger partial charge in [-0.25, -0.2) is 0 Å². The molecule has 1 saturated heterocycles. The molecule has 0 radical (unpaired) electrons. The molecule has 2 heterocycles. The third kappa shape index (κ3) is 3.02. The SMILES string of the molecule is Cc1cc2cc(C(=O)N3CCCC(N(C)C)CC3)ccc2o1. The van der Waals surface area contributed by atoms with Gasteiger partial charge in [0.1, 0.15) is 11.3 Å². The molecule has 1 aromatic heterocycles. The molecule has 0 spiro atoms. The second-order valence-corrected chi connectivity index (χ2v) is 6.45. The molecule has 22 heavy (non-hydrogen) atoms. The van der Waals surface area contributed by atoms with Crippen LogP contribution in [-0.2, 0) is 0 Å². The number of aryl methyl sites for hydroxylation is 1. The maximum atomic E-state index is 12.8. The Labute approximate surface area is 131 Å². The van der Waals surface area contributed by atoms with Crippen LogP contribution in [0.2, 0.25) is 0 Å². The fourth-order valence-corrected chi connectivity index (χ4v) is 3.29. The fraction of sp³-hybridized carbons (Fsp3) is 0.500. The van der Waals surface area contributed by atoms with Crippen LogP contribution in [0.4, 0.5) is 0 Å². The zero-order valence-electron chi connectivity index (χ0n) is 13.6. The van der Waals surface area contributed by atoms with E-state index in [1.165, 1.54) is 0 Å². The average molecular weight is 300 g/mol. The highest BCUT2D eigenvalue weighted by Crippen LogP contribution is 2.22. The third-order valence-electron chi connectivity index (χ3n) is 4.60. The molecule has 1 aliphatic rings. The number of carbonyl (C=O) groups is 1. The van der Waals surface area contributed by atoms with Crippen LogP contribution in [0.25, 0.3) is 11.0 Å². The van der Waals surface area contributed by atoms with Crippen molar-refractivity contribution in [2.45, 2.75) is 32.2 Å². The second-order valence-electron chi connectivity index (χ2n) is 6.45. The van der Waals surface area contributed by atoms with Gasteiger partial charge >= 0.3 is 0 Å². The molecule has 0 aliphatic carbocycles. The summed E-state index contributed by atoms with van der Waals surface area (Å²) in [6.07, 6.45) is 3.28. The number of carbonyl (C=O) groups excluding carboxylic acids is 1. The predicted octanol–water partition coefficient (Wildman–Crippen LogP) is 3.30. The van der Waals surface area contributed by atoms with E-state index in [0.29, 0.717) is 6.04 Å². The van der Waals surface area contributed by atoms with Gasteiger partial charge in [0, 0.05) is 30.1 Å². The molecular formula is C18H24N2O2. The molecule has 0 bridgehead atoms. The lowest BCUT2D eigenvalue weighted by atomic mass is 10.1. The number of hydrogen-bond donors (Lipinski definition) is 0. The Balaban J connectivity index is 1.77. The summed E-state index contributed by atoms with van der Waals surface area (Å²) in [5.41, 5.74) is 1.61. The average Bonchev–Trinajstić information content (AvgIpc) is 2.70. The number of likely N-dealkylation sites (tertiary alicyclic amines) is 1. The van der Waals surface area contributed by atoms with Crippen LogP contribution >= 0.6 is 0 Å². The van der Waals surface area contributed by atoms with Gasteiger partial charge in [0.2, 0.25) is 0 Å². The zero-order valence-corrected chi connectivity index (χ0v) is 13.6. The first-order chi connectivity index (χ1) is 10.5. The number of benzene rings is 1. The summed E-state index contributed by atoms with van der Waals surface area (Å²) in [4.78, 5) is 17.0. The van der Waals surface area contributed by atoms with Crippen molar-refractivity contribution in [3.63, 3.8) is 0 Å². The van der Waals surface area contributed by atoms with E-state index in [2.05, 4.69) is 19.0 Å². The normalized spacial score (nSPS) is 19.6. The summed E-state index contributed by atoms with van der Waals surface area (Å²) in [6, 6.07) is 8.29. The van der Waals surface area contributed by atoms with Crippen LogP contribution in [0.15, 0.2) is 28.7 Å². The van der Waals surface area contributed by atoms with Crippen molar-refractivity contribution in [1.29, 1.82) is 0 Å². The number of hydrogen-bond acceptors (Lipinski definition) is 3. The molecule has 1 aromatic carbocycles. The van der Waals surface area contributed by atoms with E-state index in [-0.39, 0.29) is 5.91 Å². The van der Waals surface area contributed by atoms with Crippen LogP contribution in [0.1, 0.15) is 35.4 Å². The van der Waals surface area contributed by atoms with Gasteiger partial charge in [0.15, 0.2) is 0 Å². The molecule has 0 saturated carbocycles. The standard InChI is InChI=1S/C18H24N2O2/c1-13-11-15-12-14(6-7-17(15)22-13)18(21)20-9-4-5-16(8-10-20)19(2)3/h6-7,11-12,16H,4-5,8-10H2,1-3H3. The molecule has 4 heteroatoms. The predicted molar refractivity (Wildman–Crippen MR) is 88.2 cm³/mol. The fourth-order valence-electron chi connectivity index (χ4n) is 3.29. The van der Waals surface area contributed by atoms with Crippen molar-refractivity contribution < 1.29 is 9.21 Å². The molecule has 1 atom stereocenters. The first-order valence-corrected chi connectivity index (χ1v) is 8.00. The molecular weight excluding hydrogens is 276 g/mol. The molecule has 0 N–H and O–H groups in total. The van der Waals surface area contributed by atoms with Gasteiger partial charge in [-0.1, -0.05) is 0 Å². The molecule has 118 valence electrons. The van der Waals surface area contributed by atoms with Crippen molar-refractivity contribution in [1.82, 2.24) is 9.80 Å². The summed E-state index contributed by atoms with van der Waals surface area (Å²) in [7, 11) is 4.24. The maximum absolute atomic E-state index is 12.8. The Kier molecular flexibility index (Phi) is 4.21. The first kappa shape index (κ1) is 15.1. The third-order valence-corrected chi connectivity index (χ3v) is 4.60. The molecule has 1 fully saturated rings. The molecule has 1 aliphatic heterocycles. The topological polar surface area (TPSA) is 36.7 Å². The highest BCUT2D eigenvalue weighted by molar-refractivity contribution is 5.97. The van der Waals surface area contributed by atoms with Gasteiger partial charge in [-0.05, 0) is 64.5 Å². The van der Waals surface area contributed by atoms with Crippen LogP contribution in [0.5, 0.6) is 0 Å². The van der Waals surface area contributed by atoms with E-state index >= 15 is 0 Å². The largest absolute Gasteiger partial charge is 0.461 e. The quantitative estimate of drug-likeness (QED) is 0.854. The van der Waals surface area contributed by atoms with Crippen LogP contribution in [0, 0.1) is 6.92 Å². The number of fused-ring (bicyclic) bond motifs is 1. The lowest BCUT2D eigenvalue weighted by Crippen LogP contribution is -2.33. The van der Waals surface area contributed by atoms with Crippen molar-refractivity contribution >= 4 is 16.9 Å². The maximum Gasteiger partial charge on any atom is 0.253 e. The highest BCUT2D eigenvalue weighted by Gasteiger charge is 2.22. The van der Waals surface area contributed by atoms with Crippen molar-refractivity contribution in [2.24, 2.45) is 0 Å². The minimum atomic E-state index is 0.139. The van der Waals surface area contributed by atoms with Crippen LogP contribution < -0.4 is 0 Å². The Morgan fingerprint density at radius 2 is 2.05 bits per heavy atom. The van der Waals surface area contributed by atoms with E-state index in [9.17, 15) is 4.79 Å². The molecule has 1 unspecified atom stereocenters. The zero-order chi connectivity index (χ0) is 15.7. The van der Waals surface area contributed by atoms with Crippen molar-refractivity contribution in [2.75, 3.05) is 27.2 Å².